The average Bonchev–Trinajstić information content (AvgIpc) is 2.51. The Kier molecular flexibility index (Phi) is 4.92. The second-order valence-corrected chi connectivity index (χ2v) is 6.42. The zero-order chi connectivity index (χ0) is 16.3. The van der Waals surface area contributed by atoms with Crippen LogP contribution in [-0.2, 0) is 20.9 Å². The van der Waals surface area contributed by atoms with Gasteiger partial charge in [-0.15, -0.1) is 0 Å². The molecule has 0 radical (unpaired) electrons. The lowest BCUT2D eigenvalue weighted by Gasteiger charge is -2.53. The van der Waals surface area contributed by atoms with Crippen molar-refractivity contribution in [2.45, 2.75) is 44.5 Å². The van der Waals surface area contributed by atoms with Crippen molar-refractivity contribution in [1.29, 1.82) is 0 Å². The van der Waals surface area contributed by atoms with Gasteiger partial charge in [-0.2, -0.15) is 0 Å². The molecule has 0 aromatic carbocycles. The van der Waals surface area contributed by atoms with E-state index < -0.39 is 6.67 Å². The number of likely N-dealkylation sites (tertiary alicyclic amines) is 1. The molecular weight excluding hydrogens is 299 g/mol. The summed E-state index contributed by atoms with van der Waals surface area (Å²) in [5.41, 5.74) is 1.61. The van der Waals surface area contributed by atoms with Crippen molar-refractivity contribution in [3.63, 3.8) is 0 Å². The molecule has 0 aliphatic carbocycles. The van der Waals surface area contributed by atoms with Gasteiger partial charge in [0.1, 0.15) is 5.60 Å². The molecular formula is C17H23FN2O3. The number of rotatable bonds is 5. The van der Waals surface area contributed by atoms with Gasteiger partial charge in [-0.05, 0) is 25.5 Å². The number of aromatic nitrogens is 1. The van der Waals surface area contributed by atoms with Crippen LogP contribution in [0.15, 0.2) is 18.2 Å². The molecule has 6 heteroatoms. The van der Waals surface area contributed by atoms with Crippen molar-refractivity contribution in [2.75, 3.05) is 26.4 Å². The number of amides is 1. The maximum atomic E-state index is 12.2. The summed E-state index contributed by atoms with van der Waals surface area (Å²) in [6.07, 6.45) is 1.71. The van der Waals surface area contributed by atoms with Crippen LogP contribution in [0.3, 0.4) is 0 Å². The number of ether oxygens (including phenoxy) is 2. The first kappa shape index (κ1) is 16.3. The van der Waals surface area contributed by atoms with Crippen molar-refractivity contribution in [1.82, 2.24) is 9.88 Å². The molecule has 0 bridgehead atoms. The number of carbonyl (C=O) groups excluding carboxylic acids is 1. The van der Waals surface area contributed by atoms with E-state index in [0.717, 1.165) is 24.2 Å². The maximum Gasteiger partial charge on any atom is 0.225 e. The molecule has 1 spiro atoms. The second-order valence-electron chi connectivity index (χ2n) is 6.42. The second kappa shape index (κ2) is 6.93. The van der Waals surface area contributed by atoms with Gasteiger partial charge >= 0.3 is 0 Å². The van der Waals surface area contributed by atoms with E-state index in [1.54, 1.807) is 4.90 Å². The van der Waals surface area contributed by atoms with Gasteiger partial charge in [0.15, 0.2) is 0 Å². The lowest BCUT2D eigenvalue weighted by atomic mass is 9.84. The maximum absolute atomic E-state index is 12.2. The van der Waals surface area contributed by atoms with Crippen molar-refractivity contribution in [3.05, 3.63) is 29.6 Å². The molecule has 126 valence electrons. The zero-order valence-electron chi connectivity index (χ0n) is 13.5. The van der Waals surface area contributed by atoms with Gasteiger partial charge in [-0.25, -0.2) is 0 Å². The molecule has 1 atom stereocenters. The third-order valence-electron chi connectivity index (χ3n) is 4.48. The number of hydrogen-bond acceptors (Lipinski definition) is 4. The van der Waals surface area contributed by atoms with Gasteiger partial charge in [0.25, 0.3) is 0 Å². The monoisotopic (exact) mass is 322 g/mol. The Morgan fingerprint density at radius 2 is 2.35 bits per heavy atom. The quantitative estimate of drug-likeness (QED) is 0.832. The van der Waals surface area contributed by atoms with Gasteiger partial charge in [0.05, 0.1) is 44.6 Å². The fourth-order valence-electron chi connectivity index (χ4n) is 3.29. The van der Waals surface area contributed by atoms with Gasteiger partial charge < -0.3 is 14.4 Å². The van der Waals surface area contributed by atoms with Crippen LogP contribution in [0, 0.1) is 6.92 Å². The molecule has 2 saturated heterocycles. The summed E-state index contributed by atoms with van der Waals surface area (Å²) in [6.45, 7) is 3.59. The molecule has 2 fully saturated rings. The summed E-state index contributed by atoms with van der Waals surface area (Å²) >= 11 is 0. The number of aryl methyl sites for hydroxylation is 1. The van der Waals surface area contributed by atoms with E-state index in [9.17, 15) is 9.18 Å². The number of nitrogens with zero attached hydrogens (tertiary/aromatic N) is 2. The number of pyridine rings is 1. The van der Waals surface area contributed by atoms with Crippen molar-refractivity contribution >= 4 is 5.91 Å². The lowest BCUT2D eigenvalue weighted by Crippen LogP contribution is -2.67. The first-order valence-corrected chi connectivity index (χ1v) is 8.12. The minimum atomic E-state index is -0.599. The first-order chi connectivity index (χ1) is 11.1. The van der Waals surface area contributed by atoms with Crippen LogP contribution in [0.2, 0.25) is 0 Å². The van der Waals surface area contributed by atoms with Gasteiger partial charge in [-0.3, -0.25) is 14.2 Å². The number of alkyl halides is 1. The standard InChI is InChI=1S/C17H23FN2O3/c1-13-3-2-4-14(19-13)10-22-15-6-8-23-17(9-15)11-20(12-17)16(21)5-7-18/h2-4,15H,5-12H2,1H3/t15-/m1/s1. The Labute approximate surface area is 135 Å². The molecule has 1 amide bonds. The fourth-order valence-corrected chi connectivity index (χ4v) is 3.29. The van der Waals surface area contributed by atoms with E-state index in [1.165, 1.54) is 0 Å². The Morgan fingerprint density at radius 3 is 3.09 bits per heavy atom. The molecule has 0 unspecified atom stereocenters. The first-order valence-electron chi connectivity index (χ1n) is 8.12. The number of carbonyl (C=O) groups is 1. The highest BCUT2D eigenvalue weighted by atomic mass is 19.1. The normalized spacial score (nSPS) is 22.9. The van der Waals surface area contributed by atoms with Crippen molar-refractivity contribution in [2.24, 2.45) is 0 Å². The highest BCUT2D eigenvalue weighted by molar-refractivity contribution is 5.77. The van der Waals surface area contributed by atoms with Crippen LogP contribution in [0.5, 0.6) is 0 Å². The van der Waals surface area contributed by atoms with Crippen LogP contribution < -0.4 is 0 Å². The van der Waals surface area contributed by atoms with Crippen LogP contribution in [0.4, 0.5) is 4.39 Å². The SMILES string of the molecule is Cc1cccc(CO[C@@H]2CCOC3(C2)CN(C(=O)CCF)C3)n1. The molecule has 0 N–H and O–H groups in total. The molecule has 23 heavy (non-hydrogen) atoms. The molecule has 1 aromatic rings. The zero-order valence-corrected chi connectivity index (χ0v) is 13.5. The van der Waals surface area contributed by atoms with Gasteiger partial charge in [-0.1, -0.05) is 6.07 Å². The summed E-state index contributed by atoms with van der Waals surface area (Å²) in [7, 11) is 0. The van der Waals surface area contributed by atoms with Crippen LogP contribution >= 0.6 is 0 Å². The average molecular weight is 322 g/mol. The molecule has 1 aromatic heterocycles. The van der Waals surface area contributed by atoms with Crippen molar-refractivity contribution < 1.29 is 18.7 Å². The topological polar surface area (TPSA) is 51.7 Å². The number of halogens is 1. The Hall–Kier alpha value is -1.53. The highest BCUT2D eigenvalue weighted by Gasteiger charge is 2.49. The van der Waals surface area contributed by atoms with E-state index in [2.05, 4.69) is 4.98 Å². The third kappa shape index (κ3) is 3.87. The molecule has 5 nitrogen and oxygen atoms in total. The van der Waals surface area contributed by atoms with Crippen molar-refractivity contribution in [3.8, 4) is 0 Å². The van der Waals surface area contributed by atoms with Gasteiger partial charge in [0.2, 0.25) is 5.91 Å². The van der Waals surface area contributed by atoms with E-state index in [1.807, 2.05) is 25.1 Å². The van der Waals surface area contributed by atoms with Crippen LogP contribution in [0.1, 0.15) is 30.7 Å². The van der Waals surface area contributed by atoms with Crippen LogP contribution in [0.25, 0.3) is 0 Å². The molecule has 2 aliphatic heterocycles. The molecule has 3 rings (SSSR count). The lowest BCUT2D eigenvalue weighted by molar-refractivity contribution is -0.202. The fraction of sp³-hybridized carbons (Fsp3) is 0.647. The Balaban J connectivity index is 1.49. The molecule has 3 heterocycles. The van der Waals surface area contributed by atoms with E-state index in [0.29, 0.717) is 26.3 Å². The minimum absolute atomic E-state index is 0.0327. The smallest absolute Gasteiger partial charge is 0.225 e. The predicted molar refractivity (Wildman–Crippen MR) is 82.6 cm³/mol. The summed E-state index contributed by atoms with van der Waals surface area (Å²) in [5, 5.41) is 0. The van der Waals surface area contributed by atoms with E-state index >= 15 is 0 Å². The van der Waals surface area contributed by atoms with Crippen LogP contribution in [-0.4, -0.2) is 53.9 Å². The Bertz CT molecular complexity index is 561. The molecule has 2 aliphatic rings. The van der Waals surface area contributed by atoms with Gasteiger partial charge in [0, 0.05) is 18.7 Å². The summed E-state index contributed by atoms with van der Waals surface area (Å²) in [5.74, 6) is -0.131. The summed E-state index contributed by atoms with van der Waals surface area (Å²) in [6, 6.07) is 5.90. The minimum Gasteiger partial charge on any atom is -0.372 e. The predicted octanol–water partition coefficient (Wildman–Crippen LogP) is 2.03. The number of hydrogen-bond donors (Lipinski definition) is 0. The van der Waals surface area contributed by atoms with E-state index in [4.69, 9.17) is 9.47 Å². The van der Waals surface area contributed by atoms with E-state index in [-0.39, 0.29) is 24.0 Å². The third-order valence-corrected chi connectivity index (χ3v) is 4.48. The molecule has 0 saturated carbocycles. The summed E-state index contributed by atoms with van der Waals surface area (Å²) in [4.78, 5) is 17.8. The largest absolute Gasteiger partial charge is 0.372 e. The highest BCUT2D eigenvalue weighted by Crippen LogP contribution is 2.35. The Morgan fingerprint density at radius 1 is 1.52 bits per heavy atom. The summed E-state index contributed by atoms with van der Waals surface area (Å²) < 4.78 is 24.1.